The van der Waals surface area contributed by atoms with Crippen LogP contribution in [0.1, 0.15) is 6.42 Å². The molecule has 2 fully saturated rings. The fourth-order valence-electron chi connectivity index (χ4n) is 2.56. The maximum atomic E-state index is 9.90. The summed E-state index contributed by atoms with van der Waals surface area (Å²) in [6.45, 7) is -0.0718. The van der Waals surface area contributed by atoms with E-state index in [1.807, 2.05) is 0 Å². The van der Waals surface area contributed by atoms with Crippen molar-refractivity contribution in [2.24, 2.45) is 11.5 Å². The molecular formula is C12H24N2O8. The SMILES string of the molecule is NCC1O[C@H](O[C@H]2OC(CN)[C@@H](O)C[C@@H]2O)C(O)C(O)[C@@H]1O. The summed E-state index contributed by atoms with van der Waals surface area (Å²) in [6.07, 6.45) is -10.7. The molecule has 22 heavy (non-hydrogen) atoms. The summed E-state index contributed by atoms with van der Waals surface area (Å²) in [5.74, 6) is 0. The summed E-state index contributed by atoms with van der Waals surface area (Å²) in [5, 5.41) is 48.9. The monoisotopic (exact) mass is 324 g/mol. The lowest BCUT2D eigenvalue weighted by Gasteiger charge is -2.43. The third-order valence-corrected chi connectivity index (χ3v) is 3.94. The number of aliphatic hydroxyl groups is 5. The molecule has 9 atom stereocenters. The standard InChI is InChI=1S/C12H24N2O8/c13-2-6-4(15)1-5(16)11(20-6)22-12-10(19)9(18)8(17)7(3-14)21-12/h4-12,15-19H,1-3,13-14H2/t4-,5-,6?,7?,8+,9?,10?,11+,12+/m0/s1. The molecule has 10 nitrogen and oxygen atoms in total. The van der Waals surface area contributed by atoms with Crippen molar-refractivity contribution in [1.29, 1.82) is 0 Å². The average molecular weight is 324 g/mol. The molecule has 0 aliphatic carbocycles. The van der Waals surface area contributed by atoms with Crippen LogP contribution in [0.25, 0.3) is 0 Å². The number of rotatable bonds is 4. The molecule has 2 aliphatic heterocycles. The van der Waals surface area contributed by atoms with Crippen molar-refractivity contribution in [2.75, 3.05) is 13.1 Å². The van der Waals surface area contributed by atoms with Gasteiger partial charge in [0.05, 0.1) is 12.2 Å². The fraction of sp³-hybridized carbons (Fsp3) is 1.00. The van der Waals surface area contributed by atoms with E-state index in [0.29, 0.717) is 0 Å². The van der Waals surface area contributed by atoms with Crippen molar-refractivity contribution in [2.45, 2.75) is 61.7 Å². The molecule has 10 heteroatoms. The Morgan fingerprint density at radius 2 is 1.36 bits per heavy atom. The van der Waals surface area contributed by atoms with Crippen LogP contribution in [0.5, 0.6) is 0 Å². The van der Waals surface area contributed by atoms with Crippen LogP contribution in [0, 0.1) is 0 Å². The molecule has 2 rings (SSSR count). The van der Waals surface area contributed by atoms with E-state index in [2.05, 4.69) is 0 Å². The number of hydrogen-bond acceptors (Lipinski definition) is 10. The largest absolute Gasteiger partial charge is 0.390 e. The normalized spacial score (nSPS) is 50.0. The summed E-state index contributed by atoms with van der Waals surface area (Å²) < 4.78 is 16.0. The molecule has 2 saturated heterocycles. The smallest absolute Gasteiger partial charge is 0.189 e. The second-order valence-electron chi connectivity index (χ2n) is 5.54. The Morgan fingerprint density at radius 3 is 1.95 bits per heavy atom. The molecule has 0 aromatic rings. The first-order chi connectivity index (χ1) is 10.4. The molecule has 0 spiro atoms. The van der Waals surface area contributed by atoms with E-state index in [9.17, 15) is 25.5 Å². The van der Waals surface area contributed by atoms with E-state index in [1.54, 1.807) is 0 Å². The molecule has 0 amide bonds. The molecule has 4 unspecified atom stereocenters. The van der Waals surface area contributed by atoms with Gasteiger partial charge in [-0.15, -0.1) is 0 Å². The van der Waals surface area contributed by atoms with Gasteiger partial charge >= 0.3 is 0 Å². The van der Waals surface area contributed by atoms with Gasteiger partial charge < -0.3 is 51.2 Å². The summed E-state index contributed by atoms with van der Waals surface area (Å²) in [7, 11) is 0. The van der Waals surface area contributed by atoms with Gasteiger partial charge in [0.1, 0.15) is 30.5 Å². The molecule has 2 heterocycles. The third kappa shape index (κ3) is 3.57. The van der Waals surface area contributed by atoms with Crippen LogP contribution in [0.3, 0.4) is 0 Å². The van der Waals surface area contributed by atoms with E-state index in [-0.39, 0.29) is 19.5 Å². The van der Waals surface area contributed by atoms with Crippen LogP contribution >= 0.6 is 0 Å². The zero-order valence-corrected chi connectivity index (χ0v) is 11.9. The highest BCUT2D eigenvalue weighted by molar-refractivity contribution is 4.90. The highest BCUT2D eigenvalue weighted by Crippen LogP contribution is 2.27. The lowest BCUT2D eigenvalue weighted by Crippen LogP contribution is -2.62. The molecule has 0 radical (unpaired) electrons. The maximum absolute atomic E-state index is 9.90. The molecule has 0 aromatic carbocycles. The molecule has 0 aromatic heterocycles. The lowest BCUT2D eigenvalue weighted by molar-refractivity contribution is -0.361. The Morgan fingerprint density at radius 1 is 0.773 bits per heavy atom. The first-order valence-electron chi connectivity index (χ1n) is 7.15. The number of hydrogen-bond donors (Lipinski definition) is 7. The summed E-state index contributed by atoms with van der Waals surface area (Å²) in [4.78, 5) is 0. The third-order valence-electron chi connectivity index (χ3n) is 3.94. The van der Waals surface area contributed by atoms with E-state index in [4.69, 9.17) is 25.7 Å². The Labute approximate surface area is 127 Å². The number of aliphatic hydroxyl groups excluding tert-OH is 5. The van der Waals surface area contributed by atoms with Gasteiger partial charge in [0.25, 0.3) is 0 Å². The number of nitrogens with two attached hydrogens (primary N) is 2. The molecular weight excluding hydrogens is 300 g/mol. The van der Waals surface area contributed by atoms with Crippen molar-refractivity contribution in [3.63, 3.8) is 0 Å². The van der Waals surface area contributed by atoms with Crippen molar-refractivity contribution >= 4 is 0 Å². The first-order valence-corrected chi connectivity index (χ1v) is 7.15. The van der Waals surface area contributed by atoms with Crippen LogP contribution in [-0.4, -0.2) is 93.9 Å². The topological polar surface area (TPSA) is 181 Å². The van der Waals surface area contributed by atoms with Crippen LogP contribution in [0.2, 0.25) is 0 Å². The Kier molecular flexibility index (Phi) is 6.07. The minimum absolute atomic E-state index is 0.0131. The zero-order valence-electron chi connectivity index (χ0n) is 11.9. The van der Waals surface area contributed by atoms with Crippen molar-refractivity contribution < 1.29 is 39.7 Å². The molecule has 0 bridgehead atoms. The van der Waals surface area contributed by atoms with Crippen molar-refractivity contribution in [3.05, 3.63) is 0 Å². The predicted octanol–water partition coefficient (Wildman–Crippen LogP) is -4.44. The van der Waals surface area contributed by atoms with Crippen LogP contribution in [0.15, 0.2) is 0 Å². The second kappa shape index (κ2) is 7.45. The van der Waals surface area contributed by atoms with Gasteiger partial charge in [-0.3, -0.25) is 0 Å². The molecule has 9 N–H and O–H groups in total. The Hall–Kier alpha value is -0.400. The van der Waals surface area contributed by atoms with Crippen molar-refractivity contribution in [3.8, 4) is 0 Å². The van der Waals surface area contributed by atoms with E-state index in [1.165, 1.54) is 0 Å². The molecule has 130 valence electrons. The van der Waals surface area contributed by atoms with Crippen molar-refractivity contribution in [1.82, 2.24) is 0 Å². The lowest BCUT2D eigenvalue weighted by atomic mass is 9.98. The molecule has 2 aliphatic rings. The van der Waals surface area contributed by atoms with Gasteiger partial charge in [-0.1, -0.05) is 0 Å². The Balaban J connectivity index is 2.02. The Bertz CT molecular complexity index is 360. The van der Waals surface area contributed by atoms with Gasteiger partial charge in [-0.25, -0.2) is 0 Å². The van der Waals surface area contributed by atoms with Gasteiger partial charge in [0.2, 0.25) is 0 Å². The second-order valence-corrected chi connectivity index (χ2v) is 5.54. The van der Waals surface area contributed by atoms with Gasteiger partial charge in [0.15, 0.2) is 12.6 Å². The van der Waals surface area contributed by atoms with Gasteiger partial charge in [-0.05, 0) is 0 Å². The summed E-state index contributed by atoms with van der Waals surface area (Å²) in [6, 6.07) is 0. The van der Waals surface area contributed by atoms with Gasteiger partial charge in [-0.2, -0.15) is 0 Å². The van der Waals surface area contributed by atoms with Crippen LogP contribution in [-0.2, 0) is 14.2 Å². The minimum atomic E-state index is -1.54. The maximum Gasteiger partial charge on any atom is 0.189 e. The first kappa shape index (κ1) is 17.9. The minimum Gasteiger partial charge on any atom is -0.390 e. The highest BCUT2D eigenvalue weighted by Gasteiger charge is 2.46. The van der Waals surface area contributed by atoms with E-state index in [0.717, 1.165) is 0 Å². The molecule has 0 saturated carbocycles. The summed E-state index contributed by atoms with van der Waals surface area (Å²) >= 11 is 0. The van der Waals surface area contributed by atoms with E-state index < -0.39 is 55.3 Å². The fourth-order valence-corrected chi connectivity index (χ4v) is 2.56. The quantitative estimate of drug-likeness (QED) is 0.266. The number of ether oxygens (including phenoxy) is 3. The van der Waals surface area contributed by atoms with Crippen LogP contribution in [0.4, 0.5) is 0 Å². The van der Waals surface area contributed by atoms with Crippen LogP contribution < -0.4 is 11.5 Å². The predicted molar refractivity (Wildman–Crippen MR) is 71.2 cm³/mol. The summed E-state index contributed by atoms with van der Waals surface area (Å²) in [5.41, 5.74) is 10.9. The highest BCUT2D eigenvalue weighted by atomic mass is 16.8. The zero-order chi connectivity index (χ0) is 16.4. The van der Waals surface area contributed by atoms with E-state index >= 15 is 0 Å². The van der Waals surface area contributed by atoms with Gasteiger partial charge in [0, 0.05) is 19.5 Å². The average Bonchev–Trinajstić information content (AvgIpc) is 2.50.